The Labute approximate surface area is 52.8 Å². The van der Waals surface area contributed by atoms with E-state index in [2.05, 4.69) is 4.98 Å². The van der Waals surface area contributed by atoms with Crippen molar-refractivity contribution in [1.29, 1.82) is 5.41 Å². The number of aromatic nitrogens is 2. The van der Waals surface area contributed by atoms with Crippen LogP contribution >= 0.6 is 0 Å². The summed E-state index contributed by atoms with van der Waals surface area (Å²) < 4.78 is 1.50. The summed E-state index contributed by atoms with van der Waals surface area (Å²) in [6.45, 7) is 1.79. The zero-order valence-electron chi connectivity index (χ0n) is 5.13. The molecule has 0 aliphatic rings. The molecule has 0 fully saturated rings. The number of nitrogens with one attached hydrogen (secondary N) is 1. The second-order valence-electron chi connectivity index (χ2n) is 1.73. The molecule has 0 spiro atoms. The van der Waals surface area contributed by atoms with Gasteiger partial charge in [0, 0.05) is 12.4 Å². The van der Waals surface area contributed by atoms with Crippen LogP contribution in [0.25, 0.3) is 0 Å². The average molecular weight is 124 g/mol. The van der Waals surface area contributed by atoms with Crippen molar-refractivity contribution in [2.24, 2.45) is 5.73 Å². The largest absolute Gasteiger partial charge is 0.369 e. The van der Waals surface area contributed by atoms with Crippen LogP contribution in [0.3, 0.4) is 0 Å². The first-order chi connectivity index (χ1) is 4.22. The molecule has 4 nitrogen and oxygen atoms in total. The lowest BCUT2D eigenvalue weighted by molar-refractivity contribution is 1.00. The van der Waals surface area contributed by atoms with Crippen molar-refractivity contribution in [2.45, 2.75) is 6.92 Å². The lowest BCUT2D eigenvalue weighted by Gasteiger charge is -1.97. The number of nitrogens with zero attached hydrogens (tertiary/aromatic N) is 2. The third kappa shape index (κ3) is 0.910. The average Bonchev–Trinajstić information content (AvgIpc) is 2.13. The highest BCUT2D eigenvalue weighted by Gasteiger charge is 1.95. The van der Waals surface area contributed by atoms with Crippen molar-refractivity contribution in [2.75, 3.05) is 0 Å². The summed E-state index contributed by atoms with van der Waals surface area (Å²) in [5, 5.41) is 6.99. The molecule has 0 radical (unpaired) electrons. The first kappa shape index (κ1) is 5.81. The van der Waals surface area contributed by atoms with Gasteiger partial charge < -0.3 is 5.73 Å². The van der Waals surface area contributed by atoms with Crippen LogP contribution in [0, 0.1) is 12.3 Å². The molecule has 0 bridgehead atoms. The Morgan fingerprint density at radius 2 is 2.56 bits per heavy atom. The molecule has 4 heteroatoms. The normalized spacial score (nSPS) is 9.44. The number of imidazole rings is 1. The number of rotatable bonds is 0. The zero-order valence-corrected chi connectivity index (χ0v) is 5.13. The molecule has 0 saturated heterocycles. The minimum absolute atomic E-state index is 0.00463. The third-order valence-electron chi connectivity index (χ3n) is 1.09. The third-order valence-corrected chi connectivity index (χ3v) is 1.09. The summed E-state index contributed by atoms with van der Waals surface area (Å²) in [4.78, 5) is 3.88. The van der Waals surface area contributed by atoms with Crippen LogP contribution in [0.4, 0.5) is 0 Å². The van der Waals surface area contributed by atoms with E-state index in [1.807, 2.05) is 0 Å². The molecule has 0 aliphatic carbocycles. The molecular formula is C5H8N4. The molecule has 0 atom stereocenters. The molecule has 0 aliphatic heterocycles. The Morgan fingerprint density at radius 1 is 1.89 bits per heavy atom. The number of hydrogen-bond donors (Lipinski definition) is 2. The van der Waals surface area contributed by atoms with Crippen LogP contribution in [0.5, 0.6) is 0 Å². The van der Waals surface area contributed by atoms with E-state index in [4.69, 9.17) is 11.1 Å². The van der Waals surface area contributed by atoms with Gasteiger partial charge >= 0.3 is 0 Å². The van der Waals surface area contributed by atoms with Crippen LogP contribution in [-0.4, -0.2) is 15.5 Å². The Hall–Kier alpha value is -1.32. The summed E-state index contributed by atoms with van der Waals surface area (Å²) in [6, 6.07) is 0. The highest BCUT2D eigenvalue weighted by Crippen LogP contribution is 1.90. The standard InChI is InChI=1S/C5H8N4/c1-4-8-2-3-9(4)5(6)7/h2-3H,1H3,(H3,6,7). The van der Waals surface area contributed by atoms with Crippen molar-refractivity contribution in [3.05, 3.63) is 18.2 Å². The second-order valence-corrected chi connectivity index (χ2v) is 1.73. The lowest BCUT2D eigenvalue weighted by Crippen LogP contribution is -2.20. The van der Waals surface area contributed by atoms with Crippen molar-refractivity contribution < 1.29 is 0 Å². The summed E-state index contributed by atoms with van der Waals surface area (Å²) >= 11 is 0. The quantitative estimate of drug-likeness (QED) is 0.375. The topological polar surface area (TPSA) is 67.7 Å². The Bertz CT molecular complexity index is 225. The predicted octanol–water partition coefficient (Wildman–Crippen LogP) is -0.0669. The van der Waals surface area contributed by atoms with E-state index in [1.54, 1.807) is 19.3 Å². The van der Waals surface area contributed by atoms with E-state index in [9.17, 15) is 0 Å². The monoisotopic (exact) mass is 124 g/mol. The van der Waals surface area contributed by atoms with Crippen molar-refractivity contribution >= 4 is 5.96 Å². The highest BCUT2D eigenvalue weighted by atomic mass is 15.2. The molecule has 0 unspecified atom stereocenters. The van der Waals surface area contributed by atoms with E-state index >= 15 is 0 Å². The fourth-order valence-corrected chi connectivity index (χ4v) is 0.633. The zero-order chi connectivity index (χ0) is 6.85. The van der Waals surface area contributed by atoms with E-state index < -0.39 is 0 Å². The Balaban J connectivity index is 3.08. The fraction of sp³-hybridized carbons (Fsp3) is 0.200. The summed E-state index contributed by atoms with van der Waals surface area (Å²) in [7, 11) is 0. The number of hydrogen-bond acceptors (Lipinski definition) is 2. The first-order valence-corrected chi connectivity index (χ1v) is 2.56. The number of nitrogen functional groups attached to an aromatic ring is 1. The maximum Gasteiger partial charge on any atom is 0.198 e. The van der Waals surface area contributed by atoms with Crippen molar-refractivity contribution in [3.8, 4) is 0 Å². The smallest absolute Gasteiger partial charge is 0.198 e. The summed E-state index contributed by atoms with van der Waals surface area (Å²) in [5.74, 6) is 0.743. The maximum atomic E-state index is 6.99. The molecule has 0 amide bonds. The number of nitrogens with two attached hydrogens (primary N) is 1. The van der Waals surface area contributed by atoms with Crippen LogP contribution in [0.15, 0.2) is 12.4 Å². The second kappa shape index (κ2) is 1.89. The van der Waals surface area contributed by atoms with Gasteiger partial charge in [-0.05, 0) is 6.92 Å². The molecule has 9 heavy (non-hydrogen) atoms. The summed E-state index contributed by atoms with van der Waals surface area (Å²) in [5.41, 5.74) is 5.17. The molecule has 48 valence electrons. The van der Waals surface area contributed by atoms with E-state index in [0.717, 1.165) is 5.82 Å². The van der Waals surface area contributed by atoms with Crippen molar-refractivity contribution in [3.63, 3.8) is 0 Å². The molecule has 1 rings (SSSR count). The highest BCUT2D eigenvalue weighted by molar-refractivity contribution is 5.77. The van der Waals surface area contributed by atoms with Gasteiger partial charge in [0.25, 0.3) is 0 Å². The minimum atomic E-state index is 0.00463. The van der Waals surface area contributed by atoms with Gasteiger partial charge in [-0.25, -0.2) is 4.98 Å². The van der Waals surface area contributed by atoms with Gasteiger partial charge in [-0.3, -0.25) is 9.98 Å². The molecule has 0 aromatic carbocycles. The number of aryl methyl sites for hydroxylation is 1. The van der Waals surface area contributed by atoms with Gasteiger partial charge in [-0.2, -0.15) is 0 Å². The Morgan fingerprint density at radius 3 is 2.78 bits per heavy atom. The van der Waals surface area contributed by atoms with Gasteiger partial charge in [0.1, 0.15) is 5.82 Å². The molecular weight excluding hydrogens is 116 g/mol. The minimum Gasteiger partial charge on any atom is -0.369 e. The van der Waals surface area contributed by atoms with Gasteiger partial charge in [-0.15, -0.1) is 0 Å². The van der Waals surface area contributed by atoms with Gasteiger partial charge in [0.05, 0.1) is 0 Å². The van der Waals surface area contributed by atoms with E-state index in [0.29, 0.717) is 0 Å². The molecule has 0 saturated carbocycles. The molecule has 1 aromatic heterocycles. The first-order valence-electron chi connectivity index (χ1n) is 2.56. The SMILES string of the molecule is Cc1nccn1C(=N)N. The van der Waals surface area contributed by atoms with Crippen LogP contribution in [0.1, 0.15) is 5.82 Å². The molecule has 3 N–H and O–H groups in total. The van der Waals surface area contributed by atoms with Gasteiger partial charge in [0.15, 0.2) is 5.96 Å². The molecule has 1 heterocycles. The maximum absolute atomic E-state index is 6.99. The lowest BCUT2D eigenvalue weighted by atomic mass is 10.7. The predicted molar refractivity (Wildman–Crippen MR) is 34.3 cm³/mol. The van der Waals surface area contributed by atoms with Crippen molar-refractivity contribution in [1.82, 2.24) is 9.55 Å². The Kier molecular flexibility index (Phi) is 1.22. The van der Waals surface area contributed by atoms with Gasteiger partial charge in [0.2, 0.25) is 0 Å². The molecule has 1 aromatic rings. The van der Waals surface area contributed by atoms with Crippen LogP contribution in [0.2, 0.25) is 0 Å². The fourth-order valence-electron chi connectivity index (χ4n) is 0.633. The van der Waals surface area contributed by atoms with Crippen LogP contribution in [-0.2, 0) is 0 Å². The summed E-state index contributed by atoms with van der Waals surface area (Å²) in [6.07, 6.45) is 3.26. The van der Waals surface area contributed by atoms with Crippen LogP contribution < -0.4 is 5.73 Å². The van der Waals surface area contributed by atoms with Gasteiger partial charge in [-0.1, -0.05) is 0 Å². The van der Waals surface area contributed by atoms with E-state index in [1.165, 1.54) is 4.57 Å². The van der Waals surface area contributed by atoms with E-state index in [-0.39, 0.29) is 5.96 Å².